The lowest BCUT2D eigenvalue weighted by Gasteiger charge is -2.16. The molecule has 6 heteroatoms. The van der Waals surface area contributed by atoms with Crippen LogP contribution in [0.1, 0.15) is 6.42 Å². The molecule has 1 unspecified atom stereocenters. The van der Waals surface area contributed by atoms with E-state index >= 15 is 0 Å². The van der Waals surface area contributed by atoms with Crippen LogP contribution in [-0.2, 0) is 9.59 Å². The summed E-state index contributed by atoms with van der Waals surface area (Å²) in [6, 6.07) is 3.30. The highest BCUT2D eigenvalue weighted by atomic mass is 19.1. The predicted molar refractivity (Wildman–Crippen MR) is 56.2 cm³/mol. The number of aliphatic carboxylic acids is 1. The van der Waals surface area contributed by atoms with Crippen LogP contribution >= 0.6 is 0 Å². The van der Waals surface area contributed by atoms with Gasteiger partial charge in [-0.1, -0.05) is 0 Å². The van der Waals surface area contributed by atoms with Gasteiger partial charge in [0.15, 0.2) is 0 Å². The molecule has 90 valence electrons. The number of phenolic OH excluding ortho intramolecular Hbond substituents is 1. The van der Waals surface area contributed by atoms with Gasteiger partial charge in [0.2, 0.25) is 5.91 Å². The molecule has 0 saturated carbocycles. The lowest BCUT2D eigenvalue weighted by atomic mass is 10.1. The fourth-order valence-corrected chi connectivity index (χ4v) is 1.81. The maximum absolute atomic E-state index is 13.5. The van der Waals surface area contributed by atoms with Gasteiger partial charge in [-0.05, 0) is 12.1 Å². The molecule has 5 nitrogen and oxygen atoms in total. The second-order valence-electron chi connectivity index (χ2n) is 3.88. The second kappa shape index (κ2) is 4.04. The molecule has 2 rings (SSSR count). The molecule has 1 fully saturated rings. The molecule has 1 amide bonds. The molecule has 1 atom stereocenters. The molecule has 0 aliphatic carbocycles. The van der Waals surface area contributed by atoms with E-state index < -0.39 is 23.6 Å². The topological polar surface area (TPSA) is 77.8 Å². The second-order valence-corrected chi connectivity index (χ2v) is 3.88. The van der Waals surface area contributed by atoms with Crippen molar-refractivity contribution in [2.75, 3.05) is 11.4 Å². The molecule has 1 heterocycles. The van der Waals surface area contributed by atoms with Crippen LogP contribution in [0.2, 0.25) is 0 Å². The number of benzene rings is 1. The Hall–Kier alpha value is -2.11. The Balaban J connectivity index is 2.32. The first kappa shape index (κ1) is 11.4. The largest absolute Gasteiger partial charge is 0.508 e. The summed E-state index contributed by atoms with van der Waals surface area (Å²) >= 11 is 0. The van der Waals surface area contributed by atoms with Crippen LogP contribution in [0.5, 0.6) is 5.75 Å². The number of anilines is 1. The average molecular weight is 239 g/mol. The minimum atomic E-state index is -1.08. The quantitative estimate of drug-likeness (QED) is 0.806. The van der Waals surface area contributed by atoms with Crippen molar-refractivity contribution in [1.82, 2.24) is 0 Å². The Bertz CT molecular complexity index is 488. The summed E-state index contributed by atoms with van der Waals surface area (Å²) in [6.07, 6.45) is -0.148. The molecule has 1 aliphatic heterocycles. The van der Waals surface area contributed by atoms with Gasteiger partial charge < -0.3 is 15.1 Å². The lowest BCUT2D eigenvalue weighted by Crippen LogP contribution is -2.26. The monoisotopic (exact) mass is 239 g/mol. The number of carboxylic acids is 1. The third kappa shape index (κ3) is 2.06. The number of carbonyl (C=O) groups excluding carboxylic acids is 1. The minimum absolute atomic E-state index is 0.0749. The van der Waals surface area contributed by atoms with Crippen LogP contribution in [0.15, 0.2) is 18.2 Å². The van der Waals surface area contributed by atoms with Crippen molar-refractivity contribution in [2.45, 2.75) is 6.42 Å². The van der Waals surface area contributed by atoms with E-state index in [1.165, 1.54) is 0 Å². The lowest BCUT2D eigenvalue weighted by molar-refractivity contribution is -0.141. The van der Waals surface area contributed by atoms with E-state index in [-0.39, 0.29) is 24.4 Å². The number of phenols is 1. The van der Waals surface area contributed by atoms with E-state index in [9.17, 15) is 19.1 Å². The van der Waals surface area contributed by atoms with Crippen LogP contribution < -0.4 is 4.90 Å². The molecule has 0 bridgehead atoms. The van der Waals surface area contributed by atoms with E-state index in [1.807, 2.05) is 0 Å². The van der Waals surface area contributed by atoms with Crippen LogP contribution in [0, 0.1) is 11.7 Å². The fourth-order valence-electron chi connectivity index (χ4n) is 1.81. The van der Waals surface area contributed by atoms with Crippen molar-refractivity contribution in [3.8, 4) is 5.75 Å². The highest BCUT2D eigenvalue weighted by Gasteiger charge is 2.36. The summed E-state index contributed by atoms with van der Waals surface area (Å²) in [5.74, 6) is -3.21. The maximum Gasteiger partial charge on any atom is 0.308 e. The molecule has 0 spiro atoms. The zero-order valence-corrected chi connectivity index (χ0v) is 8.76. The van der Waals surface area contributed by atoms with Crippen LogP contribution in [0.4, 0.5) is 10.1 Å². The molecular weight excluding hydrogens is 229 g/mol. The summed E-state index contributed by atoms with van der Waals surface area (Å²) in [6.45, 7) is -0.0749. The molecule has 17 heavy (non-hydrogen) atoms. The minimum Gasteiger partial charge on any atom is -0.508 e. The van der Waals surface area contributed by atoms with Crippen LogP contribution in [-0.4, -0.2) is 28.6 Å². The number of aromatic hydroxyl groups is 1. The number of nitrogens with zero attached hydrogens (tertiary/aromatic N) is 1. The zero-order chi connectivity index (χ0) is 12.6. The van der Waals surface area contributed by atoms with Crippen molar-refractivity contribution in [3.05, 3.63) is 24.0 Å². The molecule has 0 radical (unpaired) electrons. The first-order chi connectivity index (χ1) is 7.99. The Labute approximate surface area is 96.1 Å². The van der Waals surface area contributed by atoms with E-state index in [1.54, 1.807) is 0 Å². The summed E-state index contributed by atoms with van der Waals surface area (Å²) in [5.41, 5.74) is -0.0845. The van der Waals surface area contributed by atoms with Gasteiger partial charge in [0.05, 0.1) is 11.6 Å². The summed E-state index contributed by atoms with van der Waals surface area (Å²) in [7, 11) is 0. The van der Waals surface area contributed by atoms with Crippen molar-refractivity contribution < 1.29 is 24.2 Å². The number of carboxylic acid groups (broad SMARTS) is 1. The van der Waals surface area contributed by atoms with Crippen LogP contribution in [0.25, 0.3) is 0 Å². The van der Waals surface area contributed by atoms with Crippen molar-refractivity contribution in [2.24, 2.45) is 5.92 Å². The first-order valence-corrected chi connectivity index (χ1v) is 5.00. The predicted octanol–water partition coefficient (Wildman–Crippen LogP) is 0.969. The molecule has 1 aromatic rings. The van der Waals surface area contributed by atoms with E-state index in [4.69, 9.17) is 5.11 Å². The third-order valence-corrected chi connectivity index (χ3v) is 2.69. The summed E-state index contributed by atoms with van der Waals surface area (Å²) in [5, 5.41) is 18.0. The number of carbonyl (C=O) groups is 2. The average Bonchev–Trinajstić information content (AvgIpc) is 2.64. The Morgan fingerprint density at radius 2 is 2.18 bits per heavy atom. The number of amides is 1. The molecule has 1 saturated heterocycles. The van der Waals surface area contributed by atoms with Gasteiger partial charge >= 0.3 is 5.97 Å². The number of halogens is 1. The highest BCUT2D eigenvalue weighted by Crippen LogP contribution is 2.30. The third-order valence-electron chi connectivity index (χ3n) is 2.69. The highest BCUT2D eigenvalue weighted by molar-refractivity contribution is 5.99. The summed E-state index contributed by atoms with van der Waals surface area (Å²) in [4.78, 5) is 23.4. The zero-order valence-electron chi connectivity index (χ0n) is 8.76. The number of rotatable bonds is 2. The number of hydrogen-bond acceptors (Lipinski definition) is 3. The van der Waals surface area contributed by atoms with Gasteiger partial charge in [-0.3, -0.25) is 9.59 Å². The summed E-state index contributed by atoms with van der Waals surface area (Å²) < 4.78 is 13.5. The van der Waals surface area contributed by atoms with Gasteiger partial charge in [0, 0.05) is 19.0 Å². The van der Waals surface area contributed by atoms with Crippen LogP contribution in [0.3, 0.4) is 0 Å². The molecule has 2 N–H and O–H groups in total. The van der Waals surface area contributed by atoms with Gasteiger partial charge in [-0.25, -0.2) is 4.39 Å². The van der Waals surface area contributed by atoms with Crippen molar-refractivity contribution in [3.63, 3.8) is 0 Å². The Kier molecular flexibility index (Phi) is 2.71. The molecule has 1 aromatic carbocycles. The van der Waals surface area contributed by atoms with E-state index in [2.05, 4.69) is 0 Å². The first-order valence-electron chi connectivity index (χ1n) is 5.00. The normalized spacial score (nSPS) is 19.7. The number of hydrogen-bond donors (Lipinski definition) is 2. The maximum atomic E-state index is 13.5. The Morgan fingerprint density at radius 1 is 1.47 bits per heavy atom. The SMILES string of the molecule is O=C(O)C1CC(=O)N(c2cc(O)ccc2F)C1. The van der Waals surface area contributed by atoms with E-state index in [0.29, 0.717) is 0 Å². The van der Waals surface area contributed by atoms with Crippen molar-refractivity contribution >= 4 is 17.6 Å². The molecule has 1 aliphatic rings. The van der Waals surface area contributed by atoms with E-state index in [0.717, 1.165) is 23.1 Å². The van der Waals surface area contributed by atoms with Gasteiger partial charge in [-0.15, -0.1) is 0 Å². The van der Waals surface area contributed by atoms with Gasteiger partial charge in [0.1, 0.15) is 11.6 Å². The van der Waals surface area contributed by atoms with Gasteiger partial charge in [-0.2, -0.15) is 0 Å². The Morgan fingerprint density at radius 3 is 2.76 bits per heavy atom. The standard InChI is InChI=1S/C11H10FNO4/c12-8-2-1-7(14)4-9(8)13-5-6(11(16)17)3-10(13)15/h1-2,4,6,14H,3,5H2,(H,16,17). The molecule has 0 aromatic heterocycles. The van der Waals surface area contributed by atoms with Gasteiger partial charge in [0.25, 0.3) is 0 Å². The fraction of sp³-hybridized carbons (Fsp3) is 0.273. The smallest absolute Gasteiger partial charge is 0.308 e. The van der Waals surface area contributed by atoms with Crippen molar-refractivity contribution in [1.29, 1.82) is 0 Å². The molecular formula is C11H10FNO4.